The summed E-state index contributed by atoms with van der Waals surface area (Å²) in [6.45, 7) is 2.37. The smallest absolute Gasteiger partial charge is 0.337 e. The number of likely N-dealkylation sites (tertiary alicyclic amines) is 1. The van der Waals surface area contributed by atoms with Gasteiger partial charge in [0.1, 0.15) is 6.10 Å². The van der Waals surface area contributed by atoms with Crippen LogP contribution in [0.25, 0.3) is 11.1 Å². The number of hydrogen-bond donors (Lipinski definition) is 1. The fourth-order valence-electron chi connectivity index (χ4n) is 5.30. The maximum Gasteiger partial charge on any atom is 0.337 e. The number of carbonyl (C=O) groups excluding carboxylic acids is 1. The van der Waals surface area contributed by atoms with Crippen LogP contribution >= 0.6 is 11.6 Å². The van der Waals surface area contributed by atoms with E-state index in [1.54, 1.807) is 12.1 Å². The molecule has 6 heteroatoms. The molecule has 1 N–H and O–H groups in total. The number of hydrogen-bond acceptors (Lipinski definition) is 3. The fourth-order valence-corrected chi connectivity index (χ4v) is 5.50. The molecule has 1 aliphatic carbocycles. The van der Waals surface area contributed by atoms with Gasteiger partial charge in [-0.05, 0) is 72.3 Å². The summed E-state index contributed by atoms with van der Waals surface area (Å²) in [7, 11) is 0. The normalized spacial score (nSPS) is 24.4. The molecule has 2 aliphatic heterocycles. The molecule has 1 saturated carbocycles. The third-order valence-corrected chi connectivity index (χ3v) is 7.64. The highest BCUT2D eigenvalue weighted by Crippen LogP contribution is 2.65. The Morgan fingerprint density at radius 3 is 2.42 bits per heavy atom. The molecule has 3 fully saturated rings. The number of halogens is 1. The summed E-state index contributed by atoms with van der Waals surface area (Å²) in [6.07, 6.45) is 4.91. The molecule has 162 valence electrons. The van der Waals surface area contributed by atoms with Crippen molar-refractivity contribution in [3.63, 3.8) is 0 Å². The van der Waals surface area contributed by atoms with Gasteiger partial charge in [-0.1, -0.05) is 41.9 Å². The SMILES string of the molecule is O=C(O)c1cc(-c2ccc([C@@H]3CC34CCN(C(=O)[C@H]3CCCO3)CC4)cc2)ccc1Cl. The molecule has 2 saturated heterocycles. The third kappa shape index (κ3) is 3.85. The molecule has 31 heavy (non-hydrogen) atoms. The summed E-state index contributed by atoms with van der Waals surface area (Å²) in [4.78, 5) is 26.0. The first-order valence-corrected chi connectivity index (χ1v) is 11.4. The second-order valence-corrected chi connectivity index (χ2v) is 9.48. The van der Waals surface area contributed by atoms with Crippen molar-refractivity contribution in [2.45, 2.75) is 44.1 Å². The zero-order valence-corrected chi connectivity index (χ0v) is 18.1. The number of aromatic carboxylic acids is 1. The Labute approximate surface area is 187 Å². The quantitative estimate of drug-likeness (QED) is 0.729. The number of benzene rings is 2. The number of ether oxygens (including phenoxy) is 1. The van der Waals surface area contributed by atoms with Crippen molar-refractivity contribution in [3.8, 4) is 11.1 Å². The van der Waals surface area contributed by atoms with Crippen LogP contribution in [0.4, 0.5) is 0 Å². The number of carbonyl (C=O) groups is 2. The van der Waals surface area contributed by atoms with Crippen LogP contribution in [0.5, 0.6) is 0 Å². The van der Waals surface area contributed by atoms with Crippen molar-refractivity contribution in [1.29, 1.82) is 0 Å². The lowest BCUT2D eigenvalue weighted by molar-refractivity contribution is -0.142. The van der Waals surface area contributed by atoms with E-state index in [4.69, 9.17) is 16.3 Å². The van der Waals surface area contributed by atoms with Crippen LogP contribution in [-0.4, -0.2) is 47.7 Å². The Bertz CT molecular complexity index is 1000. The molecular formula is C25H26ClNO4. The predicted molar refractivity (Wildman–Crippen MR) is 118 cm³/mol. The summed E-state index contributed by atoms with van der Waals surface area (Å²) in [6, 6.07) is 13.6. The standard InChI is InChI=1S/C25H26ClNO4/c26-21-8-7-18(14-19(21)24(29)30)16-3-5-17(6-4-16)20-15-25(20)9-11-27(12-10-25)23(28)22-2-1-13-31-22/h3-8,14,20,22H,1-2,9-13,15H2,(H,29,30)/t20-,22+/m0/s1. The van der Waals surface area contributed by atoms with Gasteiger partial charge in [-0.15, -0.1) is 0 Å². The molecule has 2 aromatic carbocycles. The monoisotopic (exact) mass is 439 g/mol. The topological polar surface area (TPSA) is 66.8 Å². The molecule has 1 spiro atoms. The highest BCUT2D eigenvalue weighted by Gasteiger charge is 2.55. The van der Waals surface area contributed by atoms with Crippen molar-refractivity contribution in [3.05, 3.63) is 58.6 Å². The van der Waals surface area contributed by atoms with E-state index in [1.807, 2.05) is 11.0 Å². The van der Waals surface area contributed by atoms with E-state index < -0.39 is 5.97 Å². The van der Waals surface area contributed by atoms with Crippen molar-refractivity contribution in [2.75, 3.05) is 19.7 Å². The van der Waals surface area contributed by atoms with Crippen LogP contribution in [0.2, 0.25) is 5.02 Å². The molecule has 2 atom stereocenters. The molecule has 0 unspecified atom stereocenters. The van der Waals surface area contributed by atoms with E-state index in [9.17, 15) is 14.7 Å². The van der Waals surface area contributed by atoms with Gasteiger partial charge in [0.05, 0.1) is 10.6 Å². The number of amides is 1. The maximum absolute atomic E-state index is 12.6. The molecular weight excluding hydrogens is 414 g/mol. The molecule has 2 heterocycles. The Morgan fingerprint density at radius 2 is 1.77 bits per heavy atom. The van der Waals surface area contributed by atoms with Gasteiger partial charge in [0, 0.05) is 19.7 Å². The van der Waals surface area contributed by atoms with E-state index in [-0.39, 0.29) is 22.6 Å². The lowest BCUT2D eigenvalue weighted by Gasteiger charge is -2.34. The number of carboxylic acid groups (broad SMARTS) is 1. The first kappa shape index (κ1) is 20.5. The number of piperidine rings is 1. The summed E-state index contributed by atoms with van der Waals surface area (Å²) >= 11 is 5.99. The summed E-state index contributed by atoms with van der Waals surface area (Å²) < 4.78 is 5.57. The van der Waals surface area contributed by atoms with Gasteiger partial charge < -0.3 is 14.7 Å². The van der Waals surface area contributed by atoms with Crippen molar-refractivity contribution in [2.24, 2.45) is 5.41 Å². The van der Waals surface area contributed by atoms with Crippen molar-refractivity contribution >= 4 is 23.5 Å². The number of nitrogens with zero attached hydrogens (tertiary/aromatic N) is 1. The van der Waals surface area contributed by atoms with Crippen molar-refractivity contribution in [1.82, 2.24) is 4.90 Å². The Morgan fingerprint density at radius 1 is 1.06 bits per heavy atom. The second-order valence-electron chi connectivity index (χ2n) is 9.07. The van der Waals surface area contributed by atoms with Crippen LogP contribution in [-0.2, 0) is 9.53 Å². The van der Waals surface area contributed by atoms with Crippen molar-refractivity contribution < 1.29 is 19.4 Å². The molecule has 1 amide bonds. The molecule has 5 nitrogen and oxygen atoms in total. The van der Waals surface area contributed by atoms with E-state index in [0.717, 1.165) is 49.9 Å². The van der Waals surface area contributed by atoms with Gasteiger partial charge in [0.15, 0.2) is 0 Å². The Kier molecular flexibility index (Phi) is 5.27. The lowest BCUT2D eigenvalue weighted by atomic mass is 9.88. The van der Waals surface area contributed by atoms with Gasteiger partial charge in [0.2, 0.25) is 0 Å². The zero-order chi connectivity index (χ0) is 21.6. The van der Waals surface area contributed by atoms with Crippen LogP contribution in [0.3, 0.4) is 0 Å². The fraction of sp³-hybridized carbons (Fsp3) is 0.440. The molecule has 0 radical (unpaired) electrons. The van der Waals surface area contributed by atoms with Crippen LogP contribution in [0, 0.1) is 5.41 Å². The summed E-state index contributed by atoms with van der Waals surface area (Å²) in [5, 5.41) is 9.55. The van der Waals surface area contributed by atoms with Crippen LogP contribution in [0.1, 0.15) is 53.9 Å². The van der Waals surface area contributed by atoms with E-state index in [2.05, 4.69) is 24.3 Å². The van der Waals surface area contributed by atoms with E-state index in [1.165, 1.54) is 12.0 Å². The average molecular weight is 440 g/mol. The molecule has 5 rings (SSSR count). The first-order valence-electron chi connectivity index (χ1n) is 11.0. The predicted octanol–water partition coefficient (Wildman–Crippen LogP) is 4.98. The number of rotatable bonds is 4. The lowest BCUT2D eigenvalue weighted by Crippen LogP contribution is -2.44. The van der Waals surface area contributed by atoms with E-state index in [0.29, 0.717) is 17.9 Å². The summed E-state index contributed by atoms with van der Waals surface area (Å²) in [5.41, 5.74) is 3.60. The molecule has 0 aromatic heterocycles. The minimum absolute atomic E-state index is 0.119. The van der Waals surface area contributed by atoms with Crippen LogP contribution < -0.4 is 0 Å². The van der Waals surface area contributed by atoms with Gasteiger partial charge in [0.25, 0.3) is 5.91 Å². The maximum atomic E-state index is 12.6. The van der Waals surface area contributed by atoms with Crippen LogP contribution in [0.15, 0.2) is 42.5 Å². The van der Waals surface area contributed by atoms with E-state index >= 15 is 0 Å². The zero-order valence-electron chi connectivity index (χ0n) is 17.4. The highest BCUT2D eigenvalue weighted by molar-refractivity contribution is 6.33. The summed E-state index contributed by atoms with van der Waals surface area (Å²) in [5.74, 6) is -0.299. The number of carboxylic acids is 1. The average Bonchev–Trinajstić information content (AvgIpc) is 3.21. The Balaban J connectivity index is 1.24. The minimum Gasteiger partial charge on any atom is -0.478 e. The molecule has 3 aliphatic rings. The second kappa shape index (κ2) is 7.95. The Hall–Kier alpha value is -2.37. The minimum atomic E-state index is -1.02. The molecule has 2 aromatic rings. The van der Waals surface area contributed by atoms with Gasteiger partial charge in [-0.2, -0.15) is 0 Å². The first-order chi connectivity index (χ1) is 15.0. The van der Waals surface area contributed by atoms with Gasteiger partial charge >= 0.3 is 5.97 Å². The van der Waals surface area contributed by atoms with Gasteiger partial charge in [-0.25, -0.2) is 4.79 Å². The molecule has 0 bridgehead atoms. The van der Waals surface area contributed by atoms with Gasteiger partial charge in [-0.3, -0.25) is 4.79 Å². The largest absolute Gasteiger partial charge is 0.478 e. The highest BCUT2D eigenvalue weighted by atomic mass is 35.5. The third-order valence-electron chi connectivity index (χ3n) is 7.31.